The van der Waals surface area contributed by atoms with Crippen LogP contribution in [0.3, 0.4) is 0 Å². The van der Waals surface area contributed by atoms with Gasteiger partial charge in [0.15, 0.2) is 0 Å². The second-order valence-electron chi connectivity index (χ2n) is 5.19. The zero-order valence-electron chi connectivity index (χ0n) is 12.8. The third kappa shape index (κ3) is 4.72. The van der Waals surface area contributed by atoms with Gasteiger partial charge in [-0.25, -0.2) is 4.39 Å². The zero-order chi connectivity index (χ0) is 17.8. The van der Waals surface area contributed by atoms with Crippen molar-refractivity contribution >= 4 is 40.9 Å². The number of rotatable bonds is 4. The Kier molecular flexibility index (Phi) is 5.22. The van der Waals surface area contributed by atoms with Crippen LogP contribution in [0.4, 0.5) is 10.1 Å². The molecule has 6 heteroatoms. The van der Waals surface area contributed by atoms with E-state index >= 15 is 0 Å². The number of benzene rings is 2. The molecular formula is C19H12Cl2FNO2. The summed E-state index contributed by atoms with van der Waals surface area (Å²) in [4.78, 5) is 11.9. The Labute approximate surface area is 153 Å². The molecule has 25 heavy (non-hydrogen) atoms. The van der Waals surface area contributed by atoms with Crippen molar-refractivity contribution in [2.75, 3.05) is 5.32 Å². The molecule has 0 unspecified atom stereocenters. The van der Waals surface area contributed by atoms with E-state index < -0.39 is 11.7 Å². The smallest absolute Gasteiger partial charge is 0.248 e. The number of anilines is 1. The SMILES string of the molecule is O=C(/C=C/c1ccc(-c2cc(Cl)cc(Cl)c2)o1)Nc1cccc(F)c1. The normalized spacial score (nSPS) is 11.0. The van der Waals surface area contributed by atoms with Crippen LogP contribution in [0.5, 0.6) is 0 Å². The molecule has 0 aliphatic rings. The summed E-state index contributed by atoms with van der Waals surface area (Å²) in [5.41, 5.74) is 1.12. The molecule has 1 amide bonds. The predicted octanol–water partition coefficient (Wildman–Crippen LogP) is 6.04. The second-order valence-corrected chi connectivity index (χ2v) is 6.07. The fourth-order valence-electron chi connectivity index (χ4n) is 2.20. The van der Waals surface area contributed by atoms with Crippen molar-refractivity contribution in [1.29, 1.82) is 0 Å². The van der Waals surface area contributed by atoms with Gasteiger partial charge in [0, 0.05) is 27.4 Å². The maximum absolute atomic E-state index is 13.1. The Morgan fingerprint density at radius 3 is 2.52 bits per heavy atom. The van der Waals surface area contributed by atoms with Crippen molar-refractivity contribution in [3.05, 3.63) is 82.3 Å². The van der Waals surface area contributed by atoms with Gasteiger partial charge in [-0.15, -0.1) is 0 Å². The molecular weight excluding hydrogens is 364 g/mol. The highest BCUT2D eigenvalue weighted by atomic mass is 35.5. The van der Waals surface area contributed by atoms with Gasteiger partial charge in [-0.3, -0.25) is 4.79 Å². The molecule has 0 saturated heterocycles. The first kappa shape index (κ1) is 17.3. The average molecular weight is 376 g/mol. The number of hydrogen-bond donors (Lipinski definition) is 1. The third-order valence-corrected chi connectivity index (χ3v) is 3.70. The summed E-state index contributed by atoms with van der Waals surface area (Å²) in [5, 5.41) is 3.57. The lowest BCUT2D eigenvalue weighted by molar-refractivity contribution is -0.111. The summed E-state index contributed by atoms with van der Waals surface area (Å²) in [6.07, 6.45) is 2.82. The molecule has 3 aromatic rings. The quantitative estimate of drug-likeness (QED) is 0.564. The van der Waals surface area contributed by atoms with Gasteiger partial charge in [-0.2, -0.15) is 0 Å². The monoisotopic (exact) mass is 375 g/mol. The Morgan fingerprint density at radius 2 is 1.80 bits per heavy atom. The maximum Gasteiger partial charge on any atom is 0.248 e. The van der Waals surface area contributed by atoms with E-state index in [1.807, 2.05) is 0 Å². The first-order chi connectivity index (χ1) is 12.0. The van der Waals surface area contributed by atoms with E-state index in [4.69, 9.17) is 27.6 Å². The molecule has 3 rings (SSSR count). The highest BCUT2D eigenvalue weighted by molar-refractivity contribution is 6.35. The van der Waals surface area contributed by atoms with Gasteiger partial charge in [-0.1, -0.05) is 29.3 Å². The van der Waals surface area contributed by atoms with Crippen LogP contribution in [0, 0.1) is 5.82 Å². The van der Waals surface area contributed by atoms with Crippen molar-refractivity contribution in [3.63, 3.8) is 0 Å². The molecule has 0 bridgehead atoms. The van der Waals surface area contributed by atoms with Crippen LogP contribution in [0.1, 0.15) is 5.76 Å². The van der Waals surface area contributed by atoms with Crippen LogP contribution in [0.25, 0.3) is 17.4 Å². The second kappa shape index (κ2) is 7.55. The first-order valence-electron chi connectivity index (χ1n) is 7.30. The largest absolute Gasteiger partial charge is 0.457 e. The van der Waals surface area contributed by atoms with Gasteiger partial charge in [0.2, 0.25) is 5.91 Å². The molecule has 1 aromatic heterocycles. The molecule has 1 heterocycles. The highest BCUT2D eigenvalue weighted by Gasteiger charge is 2.06. The first-order valence-corrected chi connectivity index (χ1v) is 8.06. The fourth-order valence-corrected chi connectivity index (χ4v) is 2.73. The van der Waals surface area contributed by atoms with E-state index in [9.17, 15) is 9.18 Å². The van der Waals surface area contributed by atoms with Crippen molar-refractivity contribution in [3.8, 4) is 11.3 Å². The van der Waals surface area contributed by atoms with Crippen molar-refractivity contribution in [2.45, 2.75) is 0 Å². The van der Waals surface area contributed by atoms with Gasteiger partial charge in [0.1, 0.15) is 17.3 Å². The van der Waals surface area contributed by atoms with E-state index in [1.165, 1.54) is 30.4 Å². The number of halogens is 3. The molecule has 2 aromatic carbocycles. The Morgan fingerprint density at radius 1 is 1.04 bits per heavy atom. The Bertz CT molecular complexity index is 930. The van der Waals surface area contributed by atoms with Crippen LogP contribution >= 0.6 is 23.2 Å². The molecule has 0 saturated carbocycles. The van der Waals surface area contributed by atoms with Gasteiger partial charge < -0.3 is 9.73 Å². The van der Waals surface area contributed by atoms with Crippen LogP contribution < -0.4 is 5.32 Å². The fraction of sp³-hybridized carbons (Fsp3) is 0. The summed E-state index contributed by atoms with van der Waals surface area (Å²) in [5.74, 6) is 0.252. The summed E-state index contributed by atoms with van der Waals surface area (Å²) < 4.78 is 18.7. The lowest BCUT2D eigenvalue weighted by atomic mass is 10.2. The minimum absolute atomic E-state index is 0.378. The zero-order valence-corrected chi connectivity index (χ0v) is 14.3. The predicted molar refractivity (Wildman–Crippen MR) is 98.2 cm³/mol. The minimum Gasteiger partial charge on any atom is -0.457 e. The molecule has 0 aliphatic carbocycles. The molecule has 0 atom stereocenters. The van der Waals surface area contributed by atoms with Crippen LogP contribution in [0.15, 0.2) is 65.1 Å². The number of furan rings is 1. The van der Waals surface area contributed by atoms with E-state index in [2.05, 4.69) is 5.32 Å². The molecule has 0 aliphatic heterocycles. The topological polar surface area (TPSA) is 42.2 Å². The average Bonchev–Trinajstić information content (AvgIpc) is 3.01. The lowest BCUT2D eigenvalue weighted by Gasteiger charge is -2.01. The summed E-state index contributed by atoms with van der Waals surface area (Å²) in [7, 11) is 0. The van der Waals surface area contributed by atoms with Gasteiger partial charge >= 0.3 is 0 Å². The lowest BCUT2D eigenvalue weighted by Crippen LogP contribution is -2.07. The molecule has 1 N–H and O–H groups in total. The van der Waals surface area contributed by atoms with E-state index in [1.54, 1.807) is 36.4 Å². The number of nitrogens with one attached hydrogen (secondary N) is 1. The van der Waals surface area contributed by atoms with E-state index in [0.717, 1.165) is 5.56 Å². The van der Waals surface area contributed by atoms with Gasteiger partial charge in [0.05, 0.1) is 0 Å². The van der Waals surface area contributed by atoms with Crippen LogP contribution in [-0.4, -0.2) is 5.91 Å². The number of amides is 1. The van der Waals surface area contributed by atoms with Crippen molar-refractivity contribution < 1.29 is 13.6 Å². The Balaban J connectivity index is 1.70. The molecule has 3 nitrogen and oxygen atoms in total. The molecule has 0 radical (unpaired) electrons. The summed E-state index contributed by atoms with van der Waals surface area (Å²) >= 11 is 12.0. The number of carbonyl (C=O) groups is 1. The molecule has 0 spiro atoms. The van der Waals surface area contributed by atoms with Crippen LogP contribution in [-0.2, 0) is 4.79 Å². The standard InChI is InChI=1S/C19H12Cl2FNO2/c20-13-8-12(9-14(21)10-13)18-6-4-17(25-18)5-7-19(24)23-16-3-1-2-15(22)11-16/h1-11H,(H,23,24)/b7-5+. The number of hydrogen-bond acceptors (Lipinski definition) is 2. The minimum atomic E-state index is -0.419. The van der Waals surface area contributed by atoms with Crippen LogP contribution in [0.2, 0.25) is 10.0 Å². The molecule has 0 fully saturated rings. The number of carbonyl (C=O) groups excluding carboxylic acids is 1. The Hall–Kier alpha value is -2.56. The third-order valence-electron chi connectivity index (χ3n) is 3.26. The van der Waals surface area contributed by atoms with Crippen molar-refractivity contribution in [1.82, 2.24) is 0 Å². The highest BCUT2D eigenvalue weighted by Crippen LogP contribution is 2.28. The van der Waals surface area contributed by atoms with Crippen molar-refractivity contribution in [2.24, 2.45) is 0 Å². The maximum atomic E-state index is 13.1. The van der Waals surface area contributed by atoms with Gasteiger partial charge in [0.25, 0.3) is 0 Å². The van der Waals surface area contributed by atoms with E-state index in [-0.39, 0.29) is 0 Å². The van der Waals surface area contributed by atoms with E-state index in [0.29, 0.717) is 27.3 Å². The van der Waals surface area contributed by atoms with Gasteiger partial charge in [-0.05, 0) is 54.6 Å². The summed E-state index contributed by atoms with van der Waals surface area (Å²) in [6, 6.07) is 14.2. The summed E-state index contributed by atoms with van der Waals surface area (Å²) in [6.45, 7) is 0. The molecule has 126 valence electrons.